The number of hydrogen-bond acceptors (Lipinski definition) is 4. The van der Waals surface area contributed by atoms with Crippen molar-refractivity contribution in [3.63, 3.8) is 0 Å². The molecule has 3 rings (SSSR count). The van der Waals surface area contributed by atoms with E-state index >= 15 is 0 Å². The fraction of sp³-hybridized carbons (Fsp3) is 0.650. The van der Waals surface area contributed by atoms with E-state index in [2.05, 4.69) is 25.0 Å². The second-order valence-corrected chi connectivity index (χ2v) is 7.16. The van der Waals surface area contributed by atoms with Crippen LogP contribution < -0.4 is 10.2 Å². The molecule has 6 nitrogen and oxygen atoms in total. The third-order valence-corrected chi connectivity index (χ3v) is 5.31. The highest BCUT2D eigenvalue weighted by Crippen LogP contribution is 2.26. The predicted molar refractivity (Wildman–Crippen MR) is 123 cm³/mol. The van der Waals surface area contributed by atoms with Crippen molar-refractivity contribution in [2.45, 2.75) is 18.9 Å². The van der Waals surface area contributed by atoms with Crippen molar-refractivity contribution < 1.29 is 9.13 Å². The van der Waals surface area contributed by atoms with Crippen molar-refractivity contribution in [3.8, 4) is 0 Å². The molecular formula is C20H33FIN5O. The average Bonchev–Trinajstić information content (AvgIpc) is 3.53. The van der Waals surface area contributed by atoms with Gasteiger partial charge in [0.15, 0.2) is 5.96 Å². The molecule has 2 aliphatic rings. The van der Waals surface area contributed by atoms with Gasteiger partial charge in [-0.1, -0.05) is 12.1 Å². The highest BCUT2D eigenvalue weighted by Gasteiger charge is 2.28. The van der Waals surface area contributed by atoms with Crippen molar-refractivity contribution in [2.75, 3.05) is 71.5 Å². The molecule has 1 aliphatic carbocycles. The van der Waals surface area contributed by atoms with Gasteiger partial charge in [-0.2, -0.15) is 0 Å². The van der Waals surface area contributed by atoms with Crippen LogP contribution in [-0.2, 0) is 4.74 Å². The summed E-state index contributed by atoms with van der Waals surface area (Å²) in [5.41, 5.74) is 0.693. The van der Waals surface area contributed by atoms with Crippen molar-refractivity contribution in [1.29, 1.82) is 0 Å². The third kappa shape index (κ3) is 6.45. The first kappa shape index (κ1) is 23.2. The van der Waals surface area contributed by atoms with Crippen LogP contribution in [0.15, 0.2) is 29.3 Å². The number of nitrogens with zero attached hydrogens (tertiary/aromatic N) is 4. The summed E-state index contributed by atoms with van der Waals surface area (Å²) in [6.07, 6.45) is 2.60. The number of halogens is 2. The summed E-state index contributed by atoms with van der Waals surface area (Å²) in [6.45, 7) is 6.91. The first-order valence-corrected chi connectivity index (χ1v) is 9.91. The van der Waals surface area contributed by atoms with E-state index in [1.54, 1.807) is 13.2 Å². The lowest BCUT2D eigenvalue weighted by molar-refractivity contribution is 0.144. The van der Waals surface area contributed by atoms with Gasteiger partial charge < -0.3 is 19.9 Å². The maximum absolute atomic E-state index is 14.0. The number of hydrogen-bond donors (Lipinski definition) is 1. The van der Waals surface area contributed by atoms with Gasteiger partial charge in [-0.05, 0) is 25.0 Å². The summed E-state index contributed by atoms with van der Waals surface area (Å²) in [5.74, 6) is 0.787. The van der Waals surface area contributed by atoms with Gasteiger partial charge in [0.25, 0.3) is 0 Å². The molecule has 158 valence electrons. The molecule has 0 spiro atoms. The number of methoxy groups -OCH3 is 1. The molecule has 0 radical (unpaired) electrons. The molecule has 1 aromatic rings. The number of ether oxygens (including phenoxy) is 1. The summed E-state index contributed by atoms with van der Waals surface area (Å²) in [5, 5.41) is 3.50. The first-order chi connectivity index (χ1) is 13.2. The maximum Gasteiger partial charge on any atom is 0.193 e. The number of para-hydroxylation sites is 1. The van der Waals surface area contributed by atoms with E-state index in [4.69, 9.17) is 4.74 Å². The number of guanidine groups is 1. The second kappa shape index (κ2) is 11.8. The van der Waals surface area contributed by atoms with Crippen LogP contribution in [0, 0.1) is 5.82 Å². The van der Waals surface area contributed by atoms with Gasteiger partial charge in [-0.3, -0.25) is 9.89 Å². The Morgan fingerprint density at radius 2 is 1.93 bits per heavy atom. The molecule has 0 unspecified atom stereocenters. The minimum Gasteiger partial charge on any atom is -0.383 e. The molecular weight excluding hydrogens is 472 g/mol. The lowest BCUT2D eigenvalue weighted by atomic mass is 10.2. The van der Waals surface area contributed by atoms with Gasteiger partial charge in [0.2, 0.25) is 0 Å². The van der Waals surface area contributed by atoms with Crippen LogP contribution in [0.3, 0.4) is 0 Å². The lowest BCUT2D eigenvalue weighted by Gasteiger charge is -2.38. The zero-order chi connectivity index (χ0) is 19.1. The highest BCUT2D eigenvalue weighted by atomic mass is 127. The first-order valence-electron chi connectivity index (χ1n) is 9.91. The Hall–Kier alpha value is -1.13. The van der Waals surface area contributed by atoms with E-state index in [9.17, 15) is 4.39 Å². The van der Waals surface area contributed by atoms with Gasteiger partial charge in [-0.25, -0.2) is 4.39 Å². The zero-order valence-corrected chi connectivity index (χ0v) is 19.3. The number of rotatable bonds is 8. The van der Waals surface area contributed by atoms with Crippen LogP contribution in [0.1, 0.15) is 12.8 Å². The van der Waals surface area contributed by atoms with Crippen molar-refractivity contribution >= 4 is 35.6 Å². The minimum absolute atomic E-state index is 0. The fourth-order valence-corrected chi connectivity index (χ4v) is 3.64. The molecule has 1 heterocycles. The molecule has 0 aromatic heterocycles. The van der Waals surface area contributed by atoms with Crippen LogP contribution >= 0.6 is 24.0 Å². The summed E-state index contributed by atoms with van der Waals surface area (Å²) < 4.78 is 19.2. The number of nitrogens with one attached hydrogen (secondary N) is 1. The molecule has 0 amide bonds. The predicted octanol–water partition coefficient (Wildman–Crippen LogP) is 2.25. The Morgan fingerprint density at radius 3 is 2.54 bits per heavy atom. The number of piperazine rings is 1. The largest absolute Gasteiger partial charge is 0.383 e. The Labute approximate surface area is 185 Å². The highest BCUT2D eigenvalue weighted by molar-refractivity contribution is 14.0. The molecule has 2 fully saturated rings. The SMILES string of the molecule is CN=C(NCCN(CCOC)C1CC1)N1CCN(c2ccccc2F)CC1.I. The summed E-state index contributed by atoms with van der Waals surface area (Å²) in [7, 11) is 3.58. The van der Waals surface area contributed by atoms with Gasteiger partial charge in [0.1, 0.15) is 5.82 Å². The normalized spacial score (nSPS) is 17.6. The molecule has 1 N–H and O–H groups in total. The van der Waals surface area contributed by atoms with E-state index in [1.165, 1.54) is 18.9 Å². The minimum atomic E-state index is -0.148. The van der Waals surface area contributed by atoms with Crippen LogP contribution in [0.25, 0.3) is 0 Å². The monoisotopic (exact) mass is 505 g/mol. The van der Waals surface area contributed by atoms with Gasteiger partial charge in [-0.15, -0.1) is 24.0 Å². The Balaban J connectivity index is 0.00000280. The maximum atomic E-state index is 14.0. The van der Waals surface area contributed by atoms with E-state index in [0.29, 0.717) is 5.69 Å². The Bertz CT molecular complexity index is 620. The van der Waals surface area contributed by atoms with Crippen LogP contribution in [-0.4, -0.2) is 88.4 Å². The molecule has 1 saturated heterocycles. The number of benzene rings is 1. The smallest absolute Gasteiger partial charge is 0.193 e. The summed E-state index contributed by atoms with van der Waals surface area (Å²) in [6, 6.07) is 7.73. The molecule has 28 heavy (non-hydrogen) atoms. The van der Waals surface area contributed by atoms with Gasteiger partial charge in [0, 0.05) is 66.0 Å². The summed E-state index contributed by atoms with van der Waals surface area (Å²) in [4.78, 5) is 11.3. The van der Waals surface area contributed by atoms with E-state index in [0.717, 1.165) is 64.4 Å². The molecule has 0 bridgehead atoms. The topological polar surface area (TPSA) is 43.3 Å². The fourth-order valence-electron chi connectivity index (χ4n) is 3.64. The van der Waals surface area contributed by atoms with E-state index < -0.39 is 0 Å². The quantitative estimate of drug-likeness (QED) is 0.334. The zero-order valence-electron chi connectivity index (χ0n) is 16.9. The molecule has 8 heteroatoms. The van der Waals surface area contributed by atoms with Crippen LogP contribution in [0.2, 0.25) is 0 Å². The van der Waals surface area contributed by atoms with E-state index in [-0.39, 0.29) is 29.8 Å². The Morgan fingerprint density at radius 1 is 1.21 bits per heavy atom. The molecule has 0 atom stereocenters. The summed E-state index contributed by atoms with van der Waals surface area (Å²) >= 11 is 0. The standard InChI is InChI=1S/C20H32FN5O.HI/c1-22-20(23-9-10-24(15-16-27-2)17-7-8-17)26-13-11-25(12-14-26)19-6-4-3-5-18(19)21;/h3-6,17H,7-16H2,1-2H3,(H,22,23);1H. The van der Waals surface area contributed by atoms with Crippen LogP contribution in [0.5, 0.6) is 0 Å². The lowest BCUT2D eigenvalue weighted by Crippen LogP contribution is -2.53. The van der Waals surface area contributed by atoms with Crippen molar-refractivity contribution in [3.05, 3.63) is 30.1 Å². The van der Waals surface area contributed by atoms with Gasteiger partial charge in [0.05, 0.1) is 12.3 Å². The molecule has 1 aromatic carbocycles. The van der Waals surface area contributed by atoms with E-state index in [1.807, 2.05) is 19.2 Å². The van der Waals surface area contributed by atoms with Crippen molar-refractivity contribution in [2.24, 2.45) is 4.99 Å². The Kier molecular flexibility index (Phi) is 9.73. The third-order valence-electron chi connectivity index (χ3n) is 5.31. The van der Waals surface area contributed by atoms with Crippen LogP contribution in [0.4, 0.5) is 10.1 Å². The van der Waals surface area contributed by atoms with Crippen molar-refractivity contribution in [1.82, 2.24) is 15.1 Å². The molecule has 1 saturated carbocycles. The average molecular weight is 505 g/mol. The van der Waals surface area contributed by atoms with Gasteiger partial charge >= 0.3 is 0 Å². The number of aliphatic imine (C=N–C) groups is 1. The molecule has 1 aliphatic heterocycles. The second-order valence-electron chi connectivity index (χ2n) is 7.16. The number of anilines is 1.